The summed E-state index contributed by atoms with van der Waals surface area (Å²) in [5.41, 5.74) is -0.366. The zero-order valence-electron chi connectivity index (χ0n) is 21.7. The highest BCUT2D eigenvalue weighted by molar-refractivity contribution is 5.93. The van der Waals surface area contributed by atoms with Gasteiger partial charge >= 0.3 is 30.0 Å². The Kier molecular flexibility index (Phi) is 14.7. The van der Waals surface area contributed by atoms with Crippen LogP contribution in [0.2, 0.25) is 0 Å². The maximum Gasteiger partial charge on any atom is 0.460 e. The average Bonchev–Trinajstić information content (AvgIpc) is 2.86. The molecule has 1 aromatic carbocycles. The first-order valence-corrected chi connectivity index (χ1v) is 13.1. The zero-order chi connectivity index (χ0) is 28.7. The minimum Gasteiger partial charge on any atom is -0.462 e. The van der Waals surface area contributed by atoms with Crippen LogP contribution >= 0.6 is 0 Å². The van der Waals surface area contributed by atoms with Crippen LogP contribution in [-0.4, -0.2) is 43.2 Å². The van der Waals surface area contributed by atoms with E-state index in [0.29, 0.717) is 6.42 Å². The van der Waals surface area contributed by atoms with E-state index < -0.39 is 42.1 Å². The van der Waals surface area contributed by atoms with Gasteiger partial charge in [-0.25, -0.2) is 9.59 Å². The summed E-state index contributed by atoms with van der Waals surface area (Å²) in [6.45, 7) is -0.0664. The number of halogens is 7. The molecular weight excluding hydrogens is 521 g/mol. The van der Waals surface area contributed by atoms with E-state index in [2.05, 4.69) is 11.7 Å². The van der Waals surface area contributed by atoms with Gasteiger partial charge in [0.2, 0.25) is 0 Å². The fourth-order valence-electron chi connectivity index (χ4n) is 3.65. The van der Waals surface area contributed by atoms with Crippen LogP contribution in [0.15, 0.2) is 24.3 Å². The number of alkyl halides is 7. The lowest BCUT2D eigenvalue weighted by molar-refractivity contribution is -0.359. The SMILES string of the molecule is CCCCCCCCCCCCCCCOC(=O)c1ccc(C(=O)OCC(F)(F)C(F)(F)C(F)(F)F)cc1. The highest BCUT2D eigenvalue weighted by Crippen LogP contribution is 2.46. The topological polar surface area (TPSA) is 52.6 Å². The van der Waals surface area contributed by atoms with Crippen LogP contribution in [0.25, 0.3) is 0 Å². The highest BCUT2D eigenvalue weighted by atomic mass is 19.4. The van der Waals surface area contributed by atoms with E-state index in [1.54, 1.807) is 0 Å². The van der Waals surface area contributed by atoms with Crippen molar-refractivity contribution in [3.8, 4) is 0 Å². The molecule has 0 aromatic heterocycles. The van der Waals surface area contributed by atoms with Crippen molar-refractivity contribution in [1.29, 1.82) is 0 Å². The lowest BCUT2D eigenvalue weighted by atomic mass is 10.0. The molecule has 0 saturated carbocycles. The van der Waals surface area contributed by atoms with Crippen molar-refractivity contribution in [3.63, 3.8) is 0 Å². The van der Waals surface area contributed by atoms with Gasteiger partial charge < -0.3 is 9.47 Å². The van der Waals surface area contributed by atoms with Gasteiger partial charge in [-0.2, -0.15) is 30.7 Å². The van der Waals surface area contributed by atoms with Crippen molar-refractivity contribution >= 4 is 11.9 Å². The predicted octanol–water partition coefficient (Wildman–Crippen LogP) is 8.92. The van der Waals surface area contributed by atoms with Crippen LogP contribution in [0.1, 0.15) is 111 Å². The summed E-state index contributed by atoms with van der Waals surface area (Å²) in [5, 5.41) is 0. The molecule has 0 aliphatic carbocycles. The summed E-state index contributed by atoms with van der Waals surface area (Å²) in [6, 6.07) is 4.24. The van der Waals surface area contributed by atoms with E-state index in [1.165, 1.54) is 57.8 Å². The van der Waals surface area contributed by atoms with Gasteiger partial charge in [-0.3, -0.25) is 0 Å². The molecule has 0 unspecified atom stereocenters. The minimum atomic E-state index is -6.52. The first-order valence-electron chi connectivity index (χ1n) is 13.1. The Bertz CT molecular complexity index is 824. The third kappa shape index (κ3) is 11.6. The first-order chi connectivity index (χ1) is 17.8. The summed E-state index contributed by atoms with van der Waals surface area (Å²) in [5.74, 6) is -14.3. The molecule has 1 aromatic rings. The summed E-state index contributed by atoms with van der Waals surface area (Å²) < 4.78 is 97.8. The van der Waals surface area contributed by atoms with Crippen LogP contribution in [-0.2, 0) is 9.47 Å². The second kappa shape index (κ2) is 16.6. The third-order valence-corrected chi connectivity index (χ3v) is 6.04. The number of carbonyl (C=O) groups is 2. The molecule has 0 aliphatic rings. The van der Waals surface area contributed by atoms with Crippen molar-refractivity contribution in [3.05, 3.63) is 35.4 Å². The number of carbonyl (C=O) groups excluding carboxylic acids is 2. The second-order valence-electron chi connectivity index (χ2n) is 9.31. The number of hydrogen-bond acceptors (Lipinski definition) is 4. The number of benzene rings is 1. The molecule has 0 heterocycles. The van der Waals surface area contributed by atoms with Crippen LogP contribution in [0, 0.1) is 0 Å². The molecule has 4 nitrogen and oxygen atoms in total. The Morgan fingerprint density at radius 3 is 1.37 bits per heavy atom. The summed E-state index contributed by atoms with van der Waals surface area (Å²) in [6.07, 6.45) is 8.75. The molecule has 11 heteroatoms. The highest BCUT2D eigenvalue weighted by Gasteiger charge is 2.73. The molecule has 0 bridgehead atoms. The van der Waals surface area contributed by atoms with Crippen LogP contribution in [0.5, 0.6) is 0 Å². The van der Waals surface area contributed by atoms with E-state index in [-0.39, 0.29) is 12.2 Å². The van der Waals surface area contributed by atoms with Gasteiger partial charge in [-0.05, 0) is 30.7 Å². The van der Waals surface area contributed by atoms with Gasteiger partial charge in [0, 0.05) is 0 Å². The van der Waals surface area contributed by atoms with Crippen LogP contribution in [0.3, 0.4) is 0 Å². The van der Waals surface area contributed by atoms with Crippen molar-refractivity contribution < 1.29 is 49.8 Å². The van der Waals surface area contributed by atoms with Gasteiger partial charge in [0.1, 0.15) is 0 Å². The number of hydrogen-bond donors (Lipinski definition) is 0. The fraction of sp³-hybridized carbons (Fsp3) is 0.704. The van der Waals surface area contributed by atoms with Crippen molar-refractivity contribution in [2.45, 2.75) is 108 Å². The van der Waals surface area contributed by atoms with E-state index in [4.69, 9.17) is 4.74 Å². The van der Waals surface area contributed by atoms with E-state index >= 15 is 0 Å². The lowest BCUT2D eigenvalue weighted by Crippen LogP contribution is -2.54. The van der Waals surface area contributed by atoms with Gasteiger partial charge in [0.25, 0.3) is 0 Å². The van der Waals surface area contributed by atoms with Crippen LogP contribution < -0.4 is 0 Å². The van der Waals surface area contributed by atoms with Gasteiger partial charge in [0.05, 0.1) is 17.7 Å². The minimum absolute atomic E-state index is 0.0465. The molecule has 0 fully saturated rings. The summed E-state index contributed by atoms with van der Waals surface area (Å²) >= 11 is 0. The molecular formula is C27H37F7O4. The van der Waals surface area contributed by atoms with E-state index in [1.807, 2.05) is 0 Å². The quantitative estimate of drug-likeness (QED) is 0.0967. The van der Waals surface area contributed by atoms with Gasteiger partial charge in [0.15, 0.2) is 6.61 Å². The number of ether oxygens (including phenoxy) is 2. The molecule has 218 valence electrons. The summed E-state index contributed by atoms with van der Waals surface area (Å²) in [7, 11) is 0. The molecule has 0 radical (unpaired) electrons. The Labute approximate surface area is 219 Å². The summed E-state index contributed by atoms with van der Waals surface area (Å²) in [4.78, 5) is 23.8. The normalized spacial score (nSPS) is 12.4. The number of esters is 2. The predicted molar refractivity (Wildman–Crippen MR) is 129 cm³/mol. The van der Waals surface area contributed by atoms with Crippen molar-refractivity contribution in [2.75, 3.05) is 13.2 Å². The molecule has 0 atom stereocenters. The second-order valence-corrected chi connectivity index (χ2v) is 9.31. The van der Waals surface area contributed by atoms with E-state index in [0.717, 1.165) is 43.5 Å². The Morgan fingerprint density at radius 2 is 0.974 bits per heavy atom. The molecule has 0 saturated heterocycles. The maximum absolute atomic E-state index is 13.3. The largest absolute Gasteiger partial charge is 0.462 e. The lowest BCUT2D eigenvalue weighted by Gasteiger charge is -2.27. The first kappa shape index (κ1) is 33.7. The Morgan fingerprint density at radius 1 is 0.605 bits per heavy atom. The molecule has 38 heavy (non-hydrogen) atoms. The Balaban J connectivity index is 2.24. The Hall–Kier alpha value is -2.33. The smallest absolute Gasteiger partial charge is 0.460 e. The number of rotatable bonds is 19. The average molecular weight is 559 g/mol. The standard InChI is InChI=1S/C27H37F7O4/c1-2-3-4-5-6-7-8-9-10-11-12-13-14-19-37-23(35)21-15-17-22(18-16-21)24(36)38-20-25(28,29)26(30,31)27(32,33)34/h15-18H,2-14,19-20H2,1H3. The molecule has 1 rings (SSSR count). The van der Waals surface area contributed by atoms with Gasteiger partial charge in [-0.1, -0.05) is 84.0 Å². The molecule has 0 aliphatic heterocycles. The van der Waals surface area contributed by atoms with Crippen molar-refractivity contribution in [1.82, 2.24) is 0 Å². The van der Waals surface area contributed by atoms with Gasteiger partial charge in [-0.15, -0.1) is 0 Å². The fourth-order valence-corrected chi connectivity index (χ4v) is 3.65. The van der Waals surface area contributed by atoms with Crippen LogP contribution in [0.4, 0.5) is 30.7 Å². The number of unbranched alkanes of at least 4 members (excludes halogenated alkanes) is 12. The third-order valence-electron chi connectivity index (χ3n) is 6.04. The maximum atomic E-state index is 13.3. The monoisotopic (exact) mass is 558 g/mol. The molecule has 0 amide bonds. The molecule has 0 spiro atoms. The van der Waals surface area contributed by atoms with Crippen molar-refractivity contribution in [2.24, 2.45) is 0 Å². The zero-order valence-corrected chi connectivity index (χ0v) is 21.7. The molecule has 0 N–H and O–H groups in total. The van der Waals surface area contributed by atoms with E-state index in [9.17, 15) is 40.3 Å².